The maximum atomic E-state index is 10.3. The Hall–Kier alpha value is -2.39. The minimum atomic E-state index is -0.613. The highest BCUT2D eigenvalue weighted by Crippen LogP contribution is 2.39. The van der Waals surface area contributed by atoms with E-state index in [-0.39, 0.29) is 0 Å². The van der Waals surface area contributed by atoms with Gasteiger partial charge in [0, 0.05) is 24.0 Å². The summed E-state index contributed by atoms with van der Waals surface area (Å²) in [5.41, 5.74) is 2.77. The number of aromatic amines is 1. The van der Waals surface area contributed by atoms with Crippen LogP contribution in [0.2, 0.25) is 0 Å². The Labute approximate surface area is 146 Å². The molecule has 0 amide bonds. The average Bonchev–Trinajstić information content (AvgIpc) is 3.24. The first-order valence-electron chi connectivity index (χ1n) is 9.08. The van der Waals surface area contributed by atoms with Crippen molar-refractivity contribution in [3.05, 3.63) is 24.3 Å². The van der Waals surface area contributed by atoms with E-state index in [0.29, 0.717) is 18.4 Å². The number of nitrogens with one attached hydrogen (secondary N) is 1. The molecule has 0 saturated heterocycles. The first-order valence-corrected chi connectivity index (χ1v) is 9.08. The Kier molecular flexibility index (Phi) is 4.18. The fourth-order valence-electron chi connectivity index (χ4n) is 4.23. The molecule has 0 unspecified atom stereocenters. The second kappa shape index (κ2) is 6.49. The molecule has 0 aromatic carbocycles. The van der Waals surface area contributed by atoms with Crippen molar-refractivity contribution in [3.63, 3.8) is 0 Å². The number of nitrogens with zero attached hydrogens (tertiary/aromatic N) is 4. The molecule has 25 heavy (non-hydrogen) atoms. The Bertz CT molecular complexity index is 924. The lowest BCUT2D eigenvalue weighted by Gasteiger charge is -2.31. The van der Waals surface area contributed by atoms with E-state index >= 15 is 0 Å². The Morgan fingerprint density at radius 1 is 1.40 bits per heavy atom. The molecule has 3 heterocycles. The maximum Gasteiger partial charge on any atom is 0.139 e. The van der Waals surface area contributed by atoms with Crippen LogP contribution in [0.4, 0.5) is 0 Å². The standard InChI is InChI=1S/C19H23N5O/c1-12(25)19-23-16-11-22-18-15(8-10-21-18)17(16)24(19)14-6-4-13(5-7-14)3-2-9-20/h8,10-14,25H,2-7H2,1H3,(H,21,22)/t12-,13?,14?/m1/s1. The van der Waals surface area contributed by atoms with Gasteiger partial charge in [0.25, 0.3) is 0 Å². The summed E-state index contributed by atoms with van der Waals surface area (Å²) in [6, 6.07) is 4.64. The van der Waals surface area contributed by atoms with Crippen LogP contribution in [-0.4, -0.2) is 24.6 Å². The van der Waals surface area contributed by atoms with E-state index < -0.39 is 6.10 Å². The molecular weight excluding hydrogens is 314 g/mol. The molecule has 6 nitrogen and oxygen atoms in total. The number of pyridine rings is 1. The van der Waals surface area contributed by atoms with Crippen molar-refractivity contribution in [1.29, 1.82) is 5.26 Å². The molecule has 1 fully saturated rings. The van der Waals surface area contributed by atoms with Crippen molar-refractivity contribution >= 4 is 22.1 Å². The quantitative estimate of drug-likeness (QED) is 0.753. The zero-order valence-electron chi connectivity index (χ0n) is 14.4. The first kappa shape index (κ1) is 16.1. The highest BCUT2D eigenvalue weighted by Gasteiger charge is 2.27. The van der Waals surface area contributed by atoms with Crippen molar-refractivity contribution < 1.29 is 5.11 Å². The second-order valence-electron chi connectivity index (χ2n) is 7.12. The van der Waals surface area contributed by atoms with Crippen LogP contribution < -0.4 is 0 Å². The average molecular weight is 337 g/mol. The zero-order chi connectivity index (χ0) is 17.4. The molecule has 0 radical (unpaired) electrons. The number of rotatable bonds is 4. The molecular formula is C19H23N5O. The van der Waals surface area contributed by atoms with Crippen molar-refractivity contribution in [2.24, 2.45) is 5.92 Å². The number of aromatic nitrogens is 4. The fraction of sp³-hybridized carbons (Fsp3) is 0.526. The molecule has 0 spiro atoms. The number of fused-ring (bicyclic) bond motifs is 3. The third-order valence-electron chi connectivity index (χ3n) is 5.48. The maximum absolute atomic E-state index is 10.3. The number of hydrogen-bond donors (Lipinski definition) is 2. The van der Waals surface area contributed by atoms with Gasteiger partial charge in [0.05, 0.1) is 17.8 Å². The van der Waals surface area contributed by atoms with Crippen LogP contribution in [0.15, 0.2) is 18.5 Å². The minimum absolute atomic E-state index is 0.341. The Balaban J connectivity index is 1.74. The van der Waals surface area contributed by atoms with Gasteiger partial charge in [-0.15, -0.1) is 0 Å². The summed E-state index contributed by atoms with van der Waals surface area (Å²) >= 11 is 0. The molecule has 3 aromatic rings. The molecule has 1 saturated carbocycles. The second-order valence-corrected chi connectivity index (χ2v) is 7.12. The highest BCUT2D eigenvalue weighted by molar-refractivity contribution is 6.01. The molecule has 0 bridgehead atoms. The molecule has 1 aliphatic carbocycles. The van der Waals surface area contributed by atoms with E-state index in [2.05, 4.69) is 25.6 Å². The molecule has 4 rings (SSSR count). The predicted octanol–water partition coefficient (Wildman–Crippen LogP) is 4.00. The molecule has 0 aliphatic heterocycles. The molecule has 3 aromatic heterocycles. The van der Waals surface area contributed by atoms with Gasteiger partial charge in [-0.05, 0) is 51.0 Å². The van der Waals surface area contributed by atoms with Gasteiger partial charge in [-0.1, -0.05) is 0 Å². The van der Waals surface area contributed by atoms with Gasteiger partial charge in [-0.2, -0.15) is 5.26 Å². The summed E-state index contributed by atoms with van der Waals surface area (Å²) < 4.78 is 2.25. The predicted molar refractivity (Wildman–Crippen MR) is 95.9 cm³/mol. The summed E-state index contributed by atoms with van der Waals surface area (Å²) in [6.07, 6.45) is 9.12. The zero-order valence-corrected chi connectivity index (χ0v) is 14.4. The summed E-state index contributed by atoms with van der Waals surface area (Å²) in [6.45, 7) is 1.78. The topological polar surface area (TPSA) is 90.5 Å². The van der Waals surface area contributed by atoms with E-state index in [1.54, 1.807) is 13.1 Å². The largest absolute Gasteiger partial charge is 0.385 e. The molecule has 6 heteroatoms. The highest BCUT2D eigenvalue weighted by atomic mass is 16.3. The van der Waals surface area contributed by atoms with E-state index in [9.17, 15) is 5.11 Å². The van der Waals surface area contributed by atoms with E-state index in [4.69, 9.17) is 5.26 Å². The fourth-order valence-corrected chi connectivity index (χ4v) is 4.23. The SMILES string of the molecule is C[C@@H](O)c1nc2cnc3[nH]ccc3c2n1C1CCC(CCC#N)CC1. The minimum Gasteiger partial charge on any atom is -0.385 e. The lowest BCUT2D eigenvalue weighted by atomic mass is 9.83. The van der Waals surface area contributed by atoms with Gasteiger partial charge >= 0.3 is 0 Å². The van der Waals surface area contributed by atoms with Crippen LogP contribution in [-0.2, 0) is 0 Å². The number of nitriles is 1. The Morgan fingerprint density at radius 3 is 2.92 bits per heavy atom. The van der Waals surface area contributed by atoms with Crippen LogP contribution in [0.25, 0.3) is 22.1 Å². The van der Waals surface area contributed by atoms with Crippen LogP contribution in [0.5, 0.6) is 0 Å². The third-order valence-corrected chi connectivity index (χ3v) is 5.48. The van der Waals surface area contributed by atoms with Gasteiger partial charge in [-0.3, -0.25) is 0 Å². The van der Waals surface area contributed by atoms with E-state index in [1.165, 1.54) is 0 Å². The number of H-pyrrole nitrogens is 1. The molecule has 130 valence electrons. The lowest BCUT2D eigenvalue weighted by Crippen LogP contribution is -2.20. The van der Waals surface area contributed by atoms with E-state index in [0.717, 1.165) is 60.0 Å². The molecule has 1 atom stereocenters. The van der Waals surface area contributed by atoms with Crippen molar-refractivity contribution in [3.8, 4) is 6.07 Å². The van der Waals surface area contributed by atoms with Crippen LogP contribution in [0.3, 0.4) is 0 Å². The normalized spacial score (nSPS) is 22.3. The summed E-state index contributed by atoms with van der Waals surface area (Å²) in [5.74, 6) is 1.38. The van der Waals surface area contributed by atoms with Gasteiger partial charge < -0.3 is 14.7 Å². The summed E-state index contributed by atoms with van der Waals surface area (Å²) in [7, 11) is 0. The third kappa shape index (κ3) is 2.79. The van der Waals surface area contributed by atoms with Crippen LogP contribution >= 0.6 is 0 Å². The molecule has 2 N–H and O–H groups in total. The molecule has 1 aliphatic rings. The number of aliphatic hydroxyl groups excluding tert-OH is 1. The monoisotopic (exact) mass is 337 g/mol. The lowest BCUT2D eigenvalue weighted by molar-refractivity contribution is 0.174. The van der Waals surface area contributed by atoms with Crippen molar-refractivity contribution in [2.45, 2.75) is 57.6 Å². The van der Waals surface area contributed by atoms with Crippen LogP contribution in [0, 0.1) is 17.2 Å². The number of hydrogen-bond acceptors (Lipinski definition) is 4. The number of imidazole rings is 1. The van der Waals surface area contributed by atoms with E-state index in [1.807, 2.05) is 12.3 Å². The summed E-state index contributed by atoms with van der Waals surface area (Å²) in [5, 5.41) is 20.1. The van der Waals surface area contributed by atoms with Crippen LogP contribution in [0.1, 0.15) is 63.4 Å². The first-order chi connectivity index (χ1) is 12.2. The van der Waals surface area contributed by atoms with Gasteiger partial charge in [0.15, 0.2) is 0 Å². The van der Waals surface area contributed by atoms with Crippen molar-refractivity contribution in [2.75, 3.05) is 0 Å². The number of aliphatic hydroxyl groups is 1. The van der Waals surface area contributed by atoms with Crippen molar-refractivity contribution in [1.82, 2.24) is 19.5 Å². The van der Waals surface area contributed by atoms with Gasteiger partial charge in [-0.25, -0.2) is 9.97 Å². The van der Waals surface area contributed by atoms with Gasteiger partial charge in [0.1, 0.15) is 23.1 Å². The van der Waals surface area contributed by atoms with Gasteiger partial charge in [0.2, 0.25) is 0 Å². The smallest absolute Gasteiger partial charge is 0.139 e. The Morgan fingerprint density at radius 2 is 2.20 bits per heavy atom. The summed E-state index contributed by atoms with van der Waals surface area (Å²) in [4.78, 5) is 12.3.